The average molecular weight is 439 g/mol. The van der Waals surface area contributed by atoms with Gasteiger partial charge < -0.3 is 9.52 Å². The van der Waals surface area contributed by atoms with Crippen LogP contribution in [0.2, 0.25) is 10.0 Å². The minimum Gasteiger partial charge on any atom is -0.507 e. The summed E-state index contributed by atoms with van der Waals surface area (Å²) in [6, 6.07) is 19.5. The van der Waals surface area contributed by atoms with Crippen LogP contribution in [-0.4, -0.2) is 16.0 Å². The maximum Gasteiger partial charge on any atom is 0.229 e. The van der Waals surface area contributed by atoms with Crippen molar-refractivity contribution >= 4 is 35.0 Å². The number of aromatic nitrogens is 1. The van der Waals surface area contributed by atoms with E-state index in [1.54, 1.807) is 36.4 Å². The van der Waals surface area contributed by atoms with Crippen LogP contribution < -0.4 is 5.32 Å². The van der Waals surface area contributed by atoms with E-state index in [-0.39, 0.29) is 23.4 Å². The number of rotatable bonds is 4. The smallest absolute Gasteiger partial charge is 0.229 e. The number of phenols is 1. The molecule has 1 amide bonds. The predicted molar refractivity (Wildman–Crippen MR) is 119 cm³/mol. The Kier molecular flexibility index (Phi) is 5.48. The topological polar surface area (TPSA) is 75.4 Å². The number of carbonyl (C=O) groups excluding carboxylic acids is 1. The number of benzene rings is 3. The average Bonchev–Trinajstić information content (AvgIpc) is 3.11. The fraction of sp³-hybridized carbons (Fsp3) is 0.0435. The second-order valence-corrected chi connectivity index (χ2v) is 7.35. The minimum atomic E-state index is -0.323. The minimum absolute atomic E-state index is 0.132. The van der Waals surface area contributed by atoms with E-state index in [0.717, 1.165) is 5.56 Å². The van der Waals surface area contributed by atoms with Crippen LogP contribution in [0.4, 0.5) is 5.88 Å². The van der Waals surface area contributed by atoms with Gasteiger partial charge in [-0.2, -0.15) is 0 Å². The lowest BCUT2D eigenvalue weighted by Gasteiger charge is -2.08. The molecule has 0 saturated carbocycles. The van der Waals surface area contributed by atoms with E-state index in [0.29, 0.717) is 32.4 Å². The molecule has 3 aromatic carbocycles. The molecule has 1 heterocycles. The quantitative estimate of drug-likeness (QED) is 0.374. The SMILES string of the molecule is CC(=O)Nc1oc(-c2ccccc2-c2ccccc2O)nc1-c1c(Cl)cccc1Cl. The maximum absolute atomic E-state index is 11.7. The molecule has 30 heavy (non-hydrogen) atoms. The van der Waals surface area contributed by atoms with E-state index in [1.165, 1.54) is 6.92 Å². The van der Waals surface area contributed by atoms with E-state index >= 15 is 0 Å². The monoisotopic (exact) mass is 438 g/mol. The van der Waals surface area contributed by atoms with Crippen molar-refractivity contribution in [2.24, 2.45) is 0 Å². The number of oxazole rings is 1. The molecule has 0 aliphatic heterocycles. The number of hydrogen-bond donors (Lipinski definition) is 2. The summed E-state index contributed by atoms with van der Waals surface area (Å²) in [6.45, 7) is 1.37. The number of para-hydroxylation sites is 1. The van der Waals surface area contributed by atoms with E-state index in [2.05, 4.69) is 10.3 Å². The first kappa shape index (κ1) is 20.0. The molecule has 150 valence electrons. The number of hydrogen-bond acceptors (Lipinski definition) is 4. The van der Waals surface area contributed by atoms with Crippen molar-refractivity contribution in [1.29, 1.82) is 0 Å². The molecule has 0 radical (unpaired) electrons. The van der Waals surface area contributed by atoms with Crippen LogP contribution in [0.15, 0.2) is 71.1 Å². The Labute approximate surface area is 182 Å². The van der Waals surface area contributed by atoms with Crippen LogP contribution in [0.1, 0.15) is 6.92 Å². The van der Waals surface area contributed by atoms with E-state index in [1.807, 2.05) is 30.3 Å². The number of nitrogens with zero attached hydrogens (tertiary/aromatic N) is 1. The highest BCUT2D eigenvalue weighted by atomic mass is 35.5. The van der Waals surface area contributed by atoms with Gasteiger partial charge >= 0.3 is 0 Å². The van der Waals surface area contributed by atoms with Gasteiger partial charge in [-0.25, -0.2) is 4.98 Å². The fourth-order valence-corrected chi connectivity index (χ4v) is 3.76. The molecule has 4 rings (SSSR count). The summed E-state index contributed by atoms with van der Waals surface area (Å²) in [7, 11) is 0. The number of halogens is 2. The van der Waals surface area contributed by atoms with Crippen molar-refractivity contribution in [2.75, 3.05) is 5.32 Å². The van der Waals surface area contributed by atoms with Crippen LogP contribution in [0, 0.1) is 0 Å². The van der Waals surface area contributed by atoms with Crippen molar-refractivity contribution in [3.8, 4) is 39.6 Å². The third-order valence-corrected chi connectivity index (χ3v) is 5.10. The van der Waals surface area contributed by atoms with Crippen LogP contribution >= 0.6 is 23.2 Å². The summed E-state index contributed by atoms with van der Waals surface area (Å²) in [6.07, 6.45) is 0. The number of anilines is 1. The maximum atomic E-state index is 11.7. The summed E-state index contributed by atoms with van der Waals surface area (Å²) >= 11 is 12.7. The van der Waals surface area contributed by atoms with Crippen LogP contribution in [0.5, 0.6) is 5.75 Å². The second kappa shape index (κ2) is 8.22. The third kappa shape index (κ3) is 3.77. The highest BCUT2D eigenvalue weighted by molar-refractivity contribution is 6.39. The van der Waals surface area contributed by atoms with E-state index in [9.17, 15) is 9.90 Å². The van der Waals surface area contributed by atoms with Crippen molar-refractivity contribution in [1.82, 2.24) is 4.98 Å². The van der Waals surface area contributed by atoms with Crippen molar-refractivity contribution in [3.05, 3.63) is 76.8 Å². The lowest BCUT2D eigenvalue weighted by molar-refractivity contribution is -0.114. The van der Waals surface area contributed by atoms with Gasteiger partial charge in [-0.15, -0.1) is 0 Å². The summed E-state index contributed by atoms with van der Waals surface area (Å²) < 4.78 is 5.94. The molecule has 0 spiro atoms. The number of aromatic hydroxyl groups is 1. The van der Waals surface area contributed by atoms with Crippen LogP contribution in [-0.2, 0) is 4.79 Å². The Hall–Kier alpha value is -3.28. The summed E-state index contributed by atoms with van der Waals surface area (Å²) in [5.41, 5.74) is 2.77. The third-order valence-electron chi connectivity index (χ3n) is 4.47. The van der Waals surface area contributed by atoms with Gasteiger partial charge in [-0.3, -0.25) is 10.1 Å². The van der Waals surface area contributed by atoms with Gasteiger partial charge in [-0.05, 0) is 29.8 Å². The molecule has 0 aliphatic rings. The molecule has 4 aromatic rings. The highest BCUT2D eigenvalue weighted by Gasteiger charge is 2.23. The molecule has 0 atom stereocenters. The van der Waals surface area contributed by atoms with Crippen LogP contribution in [0.3, 0.4) is 0 Å². The van der Waals surface area contributed by atoms with Crippen molar-refractivity contribution < 1.29 is 14.3 Å². The molecule has 0 unspecified atom stereocenters. The van der Waals surface area contributed by atoms with Gasteiger partial charge in [0.1, 0.15) is 11.4 Å². The number of nitrogens with one attached hydrogen (secondary N) is 1. The van der Waals surface area contributed by atoms with Gasteiger partial charge in [-0.1, -0.05) is 65.7 Å². The van der Waals surface area contributed by atoms with Gasteiger partial charge in [0.25, 0.3) is 0 Å². The van der Waals surface area contributed by atoms with Gasteiger partial charge in [0.2, 0.25) is 17.7 Å². The summed E-state index contributed by atoms with van der Waals surface area (Å²) in [5, 5.41) is 13.7. The molecule has 0 fully saturated rings. The molecule has 0 bridgehead atoms. The zero-order chi connectivity index (χ0) is 21.3. The number of carbonyl (C=O) groups is 1. The largest absolute Gasteiger partial charge is 0.507 e. The van der Waals surface area contributed by atoms with Crippen LogP contribution in [0.25, 0.3) is 33.8 Å². The Balaban J connectivity index is 1.94. The summed E-state index contributed by atoms with van der Waals surface area (Å²) in [5.74, 6) is 0.201. The number of phenolic OH excluding ortho intramolecular Hbond substituents is 1. The fourth-order valence-electron chi connectivity index (χ4n) is 3.18. The summed E-state index contributed by atoms with van der Waals surface area (Å²) in [4.78, 5) is 16.4. The molecule has 0 saturated heterocycles. The molecule has 1 aromatic heterocycles. The molecule has 2 N–H and O–H groups in total. The Morgan fingerprint density at radius 2 is 1.50 bits per heavy atom. The first-order valence-electron chi connectivity index (χ1n) is 9.06. The molecular formula is C23H16Cl2N2O3. The zero-order valence-electron chi connectivity index (χ0n) is 15.8. The van der Waals surface area contributed by atoms with E-state index in [4.69, 9.17) is 27.6 Å². The predicted octanol–water partition coefficient (Wildman–Crippen LogP) is 6.65. The number of amides is 1. The lowest BCUT2D eigenvalue weighted by atomic mass is 9.99. The van der Waals surface area contributed by atoms with Crippen molar-refractivity contribution in [2.45, 2.75) is 6.92 Å². The Bertz CT molecular complexity index is 1230. The first-order valence-corrected chi connectivity index (χ1v) is 9.82. The molecule has 0 aliphatic carbocycles. The lowest BCUT2D eigenvalue weighted by Crippen LogP contribution is -2.06. The molecular weight excluding hydrogens is 423 g/mol. The standard InChI is InChI=1S/C23H16Cl2N2O3/c1-13(28)26-23-21(20-17(24)10-6-11-18(20)25)27-22(30-23)16-9-3-2-7-14(16)15-8-4-5-12-19(15)29/h2-12,29H,1H3,(H,26,28). The van der Waals surface area contributed by atoms with E-state index < -0.39 is 0 Å². The normalized spacial score (nSPS) is 10.8. The first-order chi connectivity index (χ1) is 14.5. The van der Waals surface area contributed by atoms with Crippen molar-refractivity contribution in [3.63, 3.8) is 0 Å². The van der Waals surface area contributed by atoms with Gasteiger partial charge in [0, 0.05) is 23.6 Å². The molecule has 5 nitrogen and oxygen atoms in total. The van der Waals surface area contributed by atoms with Gasteiger partial charge in [0.15, 0.2) is 0 Å². The van der Waals surface area contributed by atoms with Gasteiger partial charge in [0.05, 0.1) is 10.0 Å². The second-order valence-electron chi connectivity index (χ2n) is 6.54. The Morgan fingerprint density at radius 3 is 2.13 bits per heavy atom. The Morgan fingerprint density at radius 1 is 0.900 bits per heavy atom. The zero-order valence-corrected chi connectivity index (χ0v) is 17.3. The molecule has 7 heteroatoms. The highest BCUT2D eigenvalue weighted by Crippen LogP contribution is 2.42.